The van der Waals surface area contributed by atoms with Gasteiger partial charge in [0.25, 0.3) is 0 Å². The van der Waals surface area contributed by atoms with Crippen molar-refractivity contribution >= 4 is 6.09 Å². The lowest BCUT2D eigenvalue weighted by atomic mass is 10.2. The number of ether oxygens (including phenoxy) is 3. The van der Waals surface area contributed by atoms with Crippen molar-refractivity contribution in [3.05, 3.63) is 0 Å². The predicted molar refractivity (Wildman–Crippen MR) is 75.4 cm³/mol. The zero-order chi connectivity index (χ0) is 14.6. The van der Waals surface area contributed by atoms with E-state index in [1.165, 1.54) is 0 Å². The van der Waals surface area contributed by atoms with E-state index in [1.807, 2.05) is 20.8 Å². The third kappa shape index (κ3) is 15.1. The molecule has 1 amide bonds. The molecule has 19 heavy (non-hydrogen) atoms. The van der Waals surface area contributed by atoms with Gasteiger partial charge in [-0.15, -0.1) is 0 Å². The van der Waals surface area contributed by atoms with Crippen LogP contribution in [0.4, 0.5) is 4.79 Å². The summed E-state index contributed by atoms with van der Waals surface area (Å²) in [6.07, 6.45) is 3.56. The highest BCUT2D eigenvalue weighted by molar-refractivity contribution is 5.67. The zero-order valence-electron chi connectivity index (χ0n) is 12.8. The van der Waals surface area contributed by atoms with Crippen LogP contribution < -0.4 is 5.32 Å². The largest absolute Gasteiger partial charge is 0.444 e. The molecule has 0 aliphatic carbocycles. The van der Waals surface area contributed by atoms with E-state index in [1.54, 1.807) is 7.11 Å². The van der Waals surface area contributed by atoms with Crippen LogP contribution in [0.15, 0.2) is 0 Å². The summed E-state index contributed by atoms with van der Waals surface area (Å²) in [5.41, 5.74) is -0.435. The molecular weight excluding hydrogens is 246 g/mol. The van der Waals surface area contributed by atoms with E-state index < -0.39 is 5.60 Å². The number of carbonyl (C=O) groups is 1. The first-order chi connectivity index (χ1) is 8.95. The minimum absolute atomic E-state index is 0.354. The van der Waals surface area contributed by atoms with Gasteiger partial charge in [0.2, 0.25) is 0 Å². The van der Waals surface area contributed by atoms with Gasteiger partial charge in [0.1, 0.15) is 5.60 Å². The first kappa shape index (κ1) is 18.2. The van der Waals surface area contributed by atoms with Crippen LogP contribution in [-0.2, 0) is 14.2 Å². The Hall–Kier alpha value is -0.810. The van der Waals surface area contributed by atoms with Gasteiger partial charge in [-0.2, -0.15) is 0 Å². The molecule has 0 aliphatic heterocycles. The van der Waals surface area contributed by atoms with Gasteiger partial charge in [-0.3, -0.25) is 0 Å². The van der Waals surface area contributed by atoms with Gasteiger partial charge in [0, 0.05) is 33.5 Å². The molecule has 0 unspecified atom stereocenters. The maximum Gasteiger partial charge on any atom is 0.407 e. The van der Waals surface area contributed by atoms with Crippen LogP contribution in [-0.4, -0.2) is 45.2 Å². The Bertz CT molecular complexity index is 226. The van der Waals surface area contributed by atoms with Crippen molar-refractivity contribution in [2.75, 3.05) is 33.5 Å². The Kier molecular flexibility index (Phi) is 10.6. The van der Waals surface area contributed by atoms with E-state index in [0.717, 1.165) is 45.5 Å². The Balaban J connectivity index is 3.21. The highest BCUT2D eigenvalue weighted by Crippen LogP contribution is 2.06. The third-order valence-electron chi connectivity index (χ3n) is 2.27. The average Bonchev–Trinajstić information content (AvgIpc) is 2.29. The fraction of sp³-hybridized carbons (Fsp3) is 0.929. The maximum atomic E-state index is 11.3. The van der Waals surface area contributed by atoms with E-state index in [2.05, 4.69) is 5.32 Å². The molecule has 0 atom stereocenters. The quantitative estimate of drug-likeness (QED) is 0.623. The molecule has 0 spiro atoms. The molecule has 0 heterocycles. The van der Waals surface area contributed by atoms with Crippen LogP contribution in [0.25, 0.3) is 0 Å². The van der Waals surface area contributed by atoms with Crippen LogP contribution in [0.5, 0.6) is 0 Å². The number of methoxy groups -OCH3 is 1. The van der Waals surface area contributed by atoms with E-state index in [0.29, 0.717) is 6.54 Å². The van der Waals surface area contributed by atoms with Crippen molar-refractivity contribution in [3.8, 4) is 0 Å². The van der Waals surface area contributed by atoms with Crippen LogP contribution in [0, 0.1) is 0 Å². The number of hydrogen-bond donors (Lipinski definition) is 1. The molecule has 0 rings (SSSR count). The second-order valence-corrected chi connectivity index (χ2v) is 5.45. The van der Waals surface area contributed by atoms with Gasteiger partial charge in [0.05, 0.1) is 0 Å². The lowest BCUT2D eigenvalue weighted by Crippen LogP contribution is -2.33. The van der Waals surface area contributed by atoms with Gasteiger partial charge in [-0.25, -0.2) is 4.79 Å². The van der Waals surface area contributed by atoms with Crippen molar-refractivity contribution < 1.29 is 19.0 Å². The minimum atomic E-state index is -0.435. The summed E-state index contributed by atoms with van der Waals surface area (Å²) in [7, 11) is 1.71. The fourth-order valence-electron chi connectivity index (χ4n) is 1.39. The van der Waals surface area contributed by atoms with Gasteiger partial charge >= 0.3 is 6.09 Å². The van der Waals surface area contributed by atoms with E-state index >= 15 is 0 Å². The Morgan fingerprint density at radius 1 is 1.00 bits per heavy atom. The normalized spacial score (nSPS) is 11.4. The van der Waals surface area contributed by atoms with Gasteiger partial charge in [-0.1, -0.05) is 0 Å². The summed E-state index contributed by atoms with van der Waals surface area (Å²) >= 11 is 0. The zero-order valence-corrected chi connectivity index (χ0v) is 12.8. The number of amides is 1. The fourth-order valence-corrected chi connectivity index (χ4v) is 1.39. The summed E-state index contributed by atoms with van der Waals surface area (Å²) < 4.78 is 15.5. The predicted octanol–water partition coefficient (Wildman–Crippen LogP) is 2.73. The first-order valence-corrected chi connectivity index (χ1v) is 6.99. The summed E-state index contributed by atoms with van der Waals surface area (Å²) in [6.45, 7) is 8.49. The first-order valence-electron chi connectivity index (χ1n) is 6.99. The molecule has 0 radical (unpaired) electrons. The molecule has 1 N–H and O–H groups in total. The second kappa shape index (κ2) is 11.1. The van der Waals surface area contributed by atoms with Crippen molar-refractivity contribution in [3.63, 3.8) is 0 Å². The molecule has 0 saturated heterocycles. The molecule has 5 nitrogen and oxygen atoms in total. The van der Waals surface area contributed by atoms with Crippen molar-refractivity contribution in [2.45, 2.75) is 52.1 Å². The standard InChI is InChI=1S/C14H29NO4/c1-14(2,3)19-13(16)15-9-5-6-11-18-12-8-7-10-17-4/h5-12H2,1-4H3,(H,15,16). The summed E-state index contributed by atoms with van der Waals surface area (Å²) in [5, 5.41) is 2.72. The molecule has 0 aromatic carbocycles. The summed E-state index contributed by atoms with van der Waals surface area (Å²) in [5.74, 6) is 0. The number of rotatable bonds is 10. The van der Waals surface area contributed by atoms with E-state index in [4.69, 9.17) is 14.2 Å². The number of unbranched alkanes of at least 4 members (excludes halogenated alkanes) is 2. The summed E-state index contributed by atoms with van der Waals surface area (Å²) in [6, 6.07) is 0. The number of carbonyl (C=O) groups excluding carboxylic acids is 1. The Morgan fingerprint density at radius 3 is 2.16 bits per heavy atom. The highest BCUT2D eigenvalue weighted by atomic mass is 16.6. The SMILES string of the molecule is COCCCCOCCCCNC(=O)OC(C)(C)C. The Labute approximate surface area is 117 Å². The maximum absolute atomic E-state index is 11.3. The monoisotopic (exact) mass is 275 g/mol. The van der Waals surface area contributed by atoms with Crippen LogP contribution in [0.2, 0.25) is 0 Å². The van der Waals surface area contributed by atoms with E-state index in [9.17, 15) is 4.79 Å². The van der Waals surface area contributed by atoms with Gasteiger partial charge < -0.3 is 19.5 Å². The second-order valence-electron chi connectivity index (χ2n) is 5.45. The average molecular weight is 275 g/mol. The molecule has 0 saturated carbocycles. The smallest absolute Gasteiger partial charge is 0.407 e. The number of nitrogens with one attached hydrogen (secondary N) is 1. The van der Waals surface area contributed by atoms with Gasteiger partial charge in [0.15, 0.2) is 0 Å². The van der Waals surface area contributed by atoms with Crippen LogP contribution >= 0.6 is 0 Å². The van der Waals surface area contributed by atoms with Crippen molar-refractivity contribution in [1.29, 1.82) is 0 Å². The molecule has 0 bridgehead atoms. The number of alkyl carbamates (subject to hydrolysis) is 1. The Morgan fingerprint density at radius 2 is 1.58 bits per heavy atom. The highest BCUT2D eigenvalue weighted by Gasteiger charge is 2.15. The van der Waals surface area contributed by atoms with E-state index in [-0.39, 0.29) is 6.09 Å². The van der Waals surface area contributed by atoms with Crippen LogP contribution in [0.3, 0.4) is 0 Å². The lowest BCUT2D eigenvalue weighted by molar-refractivity contribution is 0.0524. The minimum Gasteiger partial charge on any atom is -0.444 e. The third-order valence-corrected chi connectivity index (χ3v) is 2.27. The van der Waals surface area contributed by atoms with Crippen molar-refractivity contribution in [2.24, 2.45) is 0 Å². The molecule has 0 aromatic rings. The molecule has 0 aliphatic rings. The molecular formula is C14H29NO4. The van der Waals surface area contributed by atoms with Crippen molar-refractivity contribution in [1.82, 2.24) is 5.32 Å². The molecule has 5 heteroatoms. The summed E-state index contributed by atoms with van der Waals surface area (Å²) in [4.78, 5) is 11.3. The van der Waals surface area contributed by atoms with Crippen LogP contribution in [0.1, 0.15) is 46.5 Å². The molecule has 0 aromatic heterocycles. The van der Waals surface area contributed by atoms with Gasteiger partial charge in [-0.05, 0) is 46.5 Å². The lowest BCUT2D eigenvalue weighted by Gasteiger charge is -2.19. The molecule has 114 valence electrons. The number of hydrogen-bond acceptors (Lipinski definition) is 4. The molecule has 0 fully saturated rings. The topological polar surface area (TPSA) is 56.8 Å².